The fourth-order valence-corrected chi connectivity index (χ4v) is 1.52. The van der Waals surface area contributed by atoms with E-state index in [1.165, 1.54) is 0 Å². The third-order valence-electron chi connectivity index (χ3n) is 2.27. The number of ether oxygens (including phenoxy) is 1. The molecule has 0 unspecified atom stereocenters. The van der Waals surface area contributed by atoms with Crippen LogP contribution in [0, 0.1) is 0 Å². The van der Waals surface area contributed by atoms with Gasteiger partial charge in [0.05, 0.1) is 12.2 Å². The molecule has 0 aliphatic carbocycles. The Morgan fingerprint density at radius 2 is 1.76 bits per heavy atom. The molecule has 0 radical (unpaired) electrons. The molecule has 17 heavy (non-hydrogen) atoms. The highest BCUT2D eigenvalue weighted by Gasteiger charge is 2.06. The van der Waals surface area contributed by atoms with Crippen molar-refractivity contribution in [3.8, 4) is 0 Å². The Bertz CT molecular complexity index is 405. The van der Waals surface area contributed by atoms with Gasteiger partial charge in [-0.15, -0.1) is 0 Å². The number of aliphatic imine (C=N–C) groups is 1. The summed E-state index contributed by atoms with van der Waals surface area (Å²) in [6.07, 6.45) is 0. The summed E-state index contributed by atoms with van der Waals surface area (Å²) in [5.74, 6) is -0.280. The van der Waals surface area contributed by atoms with E-state index < -0.39 is 0 Å². The van der Waals surface area contributed by atoms with Crippen molar-refractivity contribution in [2.75, 3.05) is 6.61 Å². The van der Waals surface area contributed by atoms with Crippen LogP contribution in [0.2, 0.25) is 0 Å². The smallest absolute Gasteiger partial charge is 0.338 e. The number of nitrogens with zero attached hydrogens (tertiary/aromatic N) is 1. The van der Waals surface area contributed by atoms with E-state index in [1.54, 1.807) is 19.1 Å². The number of hydrogen-bond acceptors (Lipinski definition) is 3. The summed E-state index contributed by atoms with van der Waals surface area (Å²) < 4.78 is 4.92. The Morgan fingerprint density at radius 1 is 1.24 bits per heavy atom. The highest BCUT2D eigenvalue weighted by Crippen LogP contribution is 2.08. The molecule has 3 nitrogen and oxygen atoms in total. The molecule has 3 heteroatoms. The summed E-state index contributed by atoms with van der Waals surface area (Å²) in [6, 6.07) is 7.61. The Kier molecular flexibility index (Phi) is 4.88. The van der Waals surface area contributed by atoms with Crippen molar-refractivity contribution >= 4 is 11.7 Å². The van der Waals surface area contributed by atoms with Crippen LogP contribution in [0.4, 0.5) is 0 Å². The largest absolute Gasteiger partial charge is 0.462 e. The van der Waals surface area contributed by atoms with Crippen LogP contribution in [0.15, 0.2) is 29.3 Å². The van der Waals surface area contributed by atoms with E-state index in [4.69, 9.17) is 4.74 Å². The summed E-state index contributed by atoms with van der Waals surface area (Å²) in [5, 5.41) is 0. The van der Waals surface area contributed by atoms with Gasteiger partial charge in [0.25, 0.3) is 0 Å². The fraction of sp³-hybridized carbons (Fsp3) is 0.429. The first-order valence-electron chi connectivity index (χ1n) is 5.86. The molecule has 0 saturated carbocycles. The molecule has 0 saturated heterocycles. The minimum atomic E-state index is -0.280. The van der Waals surface area contributed by atoms with Crippen LogP contribution in [0.5, 0.6) is 0 Å². The first kappa shape index (κ1) is 13.4. The van der Waals surface area contributed by atoms with E-state index in [1.807, 2.05) is 32.9 Å². The van der Waals surface area contributed by atoms with E-state index in [2.05, 4.69) is 4.99 Å². The number of esters is 1. The van der Waals surface area contributed by atoms with E-state index >= 15 is 0 Å². The zero-order valence-corrected chi connectivity index (χ0v) is 10.9. The maximum Gasteiger partial charge on any atom is 0.338 e. The summed E-state index contributed by atoms with van der Waals surface area (Å²) in [5.41, 5.74) is 2.59. The second-order valence-corrected chi connectivity index (χ2v) is 4.11. The first-order chi connectivity index (χ1) is 8.04. The molecular weight excluding hydrogens is 214 g/mol. The average molecular weight is 233 g/mol. The molecule has 0 heterocycles. The molecule has 0 spiro atoms. The van der Waals surface area contributed by atoms with E-state index in [-0.39, 0.29) is 12.0 Å². The van der Waals surface area contributed by atoms with Gasteiger partial charge in [0.1, 0.15) is 0 Å². The Hall–Kier alpha value is -1.64. The van der Waals surface area contributed by atoms with Crippen molar-refractivity contribution in [1.29, 1.82) is 0 Å². The molecule has 0 fully saturated rings. The molecule has 0 atom stereocenters. The lowest BCUT2D eigenvalue weighted by atomic mass is 10.1. The maximum absolute atomic E-state index is 11.5. The van der Waals surface area contributed by atoms with Crippen molar-refractivity contribution in [2.24, 2.45) is 4.99 Å². The van der Waals surface area contributed by atoms with Crippen LogP contribution in [0.1, 0.15) is 43.6 Å². The van der Waals surface area contributed by atoms with Gasteiger partial charge in [-0.1, -0.05) is 12.1 Å². The fourth-order valence-electron chi connectivity index (χ4n) is 1.52. The molecular formula is C14H19NO2. The summed E-state index contributed by atoms with van der Waals surface area (Å²) in [4.78, 5) is 15.9. The molecule has 0 amide bonds. The number of benzene rings is 1. The molecule has 0 aliphatic heterocycles. The molecule has 0 aliphatic rings. The van der Waals surface area contributed by atoms with Gasteiger partial charge in [0.15, 0.2) is 0 Å². The number of carbonyl (C=O) groups is 1. The number of hydrogen-bond donors (Lipinski definition) is 0. The van der Waals surface area contributed by atoms with Gasteiger partial charge in [0.2, 0.25) is 0 Å². The molecule has 1 rings (SSSR count). The first-order valence-corrected chi connectivity index (χ1v) is 5.86. The van der Waals surface area contributed by atoms with Crippen molar-refractivity contribution in [3.63, 3.8) is 0 Å². The van der Waals surface area contributed by atoms with Crippen molar-refractivity contribution in [3.05, 3.63) is 35.4 Å². The Balaban J connectivity index is 2.85. The lowest BCUT2D eigenvalue weighted by Crippen LogP contribution is -2.05. The number of rotatable bonds is 4. The van der Waals surface area contributed by atoms with Gasteiger partial charge in [-0.05, 0) is 45.4 Å². The van der Waals surface area contributed by atoms with Gasteiger partial charge in [-0.3, -0.25) is 4.99 Å². The van der Waals surface area contributed by atoms with Crippen molar-refractivity contribution in [2.45, 2.75) is 33.7 Å². The van der Waals surface area contributed by atoms with Crippen LogP contribution in [-0.4, -0.2) is 24.3 Å². The van der Waals surface area contributed by atoms with Gasteiger partial charge in [-0.25, -0.2) is 4.79 Å². The van der Waals surface area contributed by atoms with Gasteiger partial charge in [-0.2, -0.15) is 0 Å². The van der Waals surface area contributed by atoms with E-state index in [0.717, 1.165) is 11.3 Å². The van der Waals surface area contributed by atoms with Crippen LogP contribution < -0.4 is 0 Å². The summed E-state index contributed by atoms with van der Waals surface area (Å²) in [6.45, 7) is 8.24. The molecule has 0 aromatic heterocycles. The summed E-state index contributed by atoms with van der Waals surface area (Å²) >= 11 is 0. The minimum absolute atomic E-state index is 0.278. The molecule has 0 N–H and O–H groups in total. The lowest BCUT2D eigenvalue weighted by molar-refractivity contribution is 0.0526. The quantitative estimate of drug-likeness (QED) is 0.592. The highest BCUT2D eigenvalue weighted by molar-refractivity contribution is 5.99. The van der Waals surface area contributed by atoms with Crippen LogP contribution in [0.25, 0.3) is 0 Å². The highest BCUT2D eigenvalue weighted by atomic mass is 16.5. The number of carbonyl (C=O) groups excluding carboxylic acids is 1. The predicted octanol–water partition coefficient (Wildman–Crippen LogP) is 3.08. The molecule has 92 valence electrons. The second kappa shape index (κ2) is 6.18. The predicted molar refractivity (Wildman–Crippen MR) is 69.7 cm³/mol. The third-order valence-corrected chi connectivity index (χ3v) is 2.27. The maximum atomic E-state index is 11.5. The zero-order chi connectivity index (χ0) is 12.8. The topological polar surface area (TPSA) is 38.7 Å². The SMILES string of the molecule is CCOC(=O)c1ccc(C(C)=NC(C)C)cc1. The minimum Gasteiger partial charge on any atom is -0.462 e. The third kappa shape index (κ3) is 4.02. The van der Waals surface area contributed by atoms with Gasteiger partial charge < -0.3 is 4.74 Å². The average Bonchev–Trinajstić information content (AvgIpc) is 2.28. The Morgan fingerprint density at radius 3 is 2.24 bits per heavy atom. The van der Waals surface area contributed by atoms with Gasteiger partial charge >= 0.3 is 5.97 Å². The van der Waals surface area contributed by atoms with Gasteiger partial charge in [0, 0.05) is 11.8 Å². The Labute approximate surface area is 103 Å². The lowest BCUT2D eigenvalue weighted by Gasteiger charge is -2.05. The summed E-state index contributed by atoms with van der Waals surface area (Å²) in [7, 11) is 0. The molecule has 1 aromatic carbocycles. The van der Waals surface area contributed by atoms with Crippen LogP contribution in [-0.2, 0) is 4.74 Å². The van der Waals surface area contributed by atoms with Crippen LogP contribution in [0.3, 0.4) is 0 Å². The van der Waals surface area contributed by atoms with Crippen molar-refractivity contribution in [1.82, 2.24) is 0 Å². The normalized spacial score (nSPS) is 11.7. The standard InChI is InChI=1S/C14H19NO2/c1-5-17-14(16)13-8-6-12(7-9-13)11(4)15-10(2)3/h6-10H,5H2,1-4H3. The van der Waals surface area contributed by atoms with Crippen LogP contribution >= 0.6 is 0 Å². The second-order valence-electron chi connectivity index (χ2n) is 4.11. The van der Waals surface area contributed by atoms with E-state index in [9.17, 15) is 4.79 Å². The molecule has 1 aromatic rings. The van der Waals surface area contributed by atoms with E-state index in [0.29, 0.717) is 12.2 Å². The molecule has 0 bridgehead atoms. The van der Waals surface area contributed by atoms with Crippen molar-refractivity contribution < 1.29 is 9.53 Å². The zero-order valence-electron chi connectivity index (χ0n) is 10.9. The monoisotopic (exact) mass is 233 g/mol.